The summed E-state index contributed by atoms with van der Waals surface area (Å²) in [7, 11) is 0. The largest absolute Gasteiger partial charge is 0.0805 e. The highest BCUT2D eigenvalue weighted by molar-refractivity contribution is 6.04. The van der Waals surface area contributed by atoms with Crippen LogP contribution in [0.15, 0.2) is 168 Å². The van der Waals surface area contributed by atoms with Crippen molar-refractivity contribution in [2.45, 2.75) is 63.7 Å². The van der Waals surface area contributed by atoms with Crippen molar-refractivity contribution in [3.8, 4) is 11.1 Å². The molecule has 298 valence electrons. The van der Waals surface area contributed by atoms with Crippen LogP contribution in [0.3, 0.4) is 0 Å². The Morgan fingerprint density at radius 3 is 2.11 bits per heavy atom. The molecule has 0 heterocycles. The number of fused-ring (bicyclic) bond motifs is 8. The van der Waals surface area contributed by atoms with Gasteiger partial charge in [-0.1, -0.05) is 164 Å². The molecular formula is C62H50. The molecule has 0 spiro atoms. The van der Waals surface area contributed by atoms with E-state index in [1.54, 1.807) is 5.57 Å². The Balaban J connectivity index is 0.698. The zero-order valence-electron chi connectivity index (χ0n) is 35.3. The van der Waals surface area contributed by atoms with E-state index in [0.717, 1.165) is 44.9 Å². The predicted molar refractivity (Wildman–Crippen MR) is 259 cm³/mol. The number of aryl methyl sites for hydroxylation is 2. The van der Waals surface area contributed by atoms with E-state index in [1.165, 1.54) is 113 Å². The normalized spacial score (nSPS) is 24.8. The number of hydrogen-bond acceptors (Lipinski definition) is 0. The van der Waals surface area contributed by atoms with Crippen molar-refractivity contribution in [1.82, 2.24) is 0 Å². The van der Waals surface area contributed by atoms with Crippen LogP contribution in [0.1, 0.15) is 100 Å². The molecular weight excluding hydrogens is 745 g/mol. The summed E-state index contributed by atoms with van der Waals surface area (Å²) in [4.78, 5) is 0. The van der Waals surface area contributed by atoms with E-state index < -0.39 is 0 Å². The summed E-state index contributed by atoms with van der Waals surface area (Å²) >= 11 is 0. The quantitative estimate of drug-likeness (QED) is 0.166. The van der Waals surface area contributed by atoms with Crippen LogP contribution in [0.25, 0.3) is 45.6 Å². The smallest absolute Gasteiger partial charge is 0.0356 e. The molecule has 0 heteroatoms. The molecule has 0 amide bonds. The van der Waals surface area contributed by atoms with E-state index in [1.807, 2.05) is 6.07 Å². The summed E-state index contributed by atoms with van der Waals surface area (Å²) < 4.78 is 0. The van der Waals surface area contributed by atoms with Crippen LogP contribution in [0, 0.1) is 35.8 Å². The second-order valence-corrected chi connectivity index (χ2v) is 19.1. The van der Waals surface area contributed by atoms with Crippen LogP contribution >= 0.6 is 0 Å². The van der Waals surface area contributed by atoms with Crippen molar-refractivity contribution >= 4 is 34.4 Å². The molecule has 8 aliphatic rings. The van der Waals surface area contributed by atoms with Gasteiger partial charge >= 0.3 is 0 Å². The lowest BCUT2D eigenvalue weighted by Gasteiger charge is -2.38. The predicted octanol–water partition coefficient (Wildman–Crippen LogP) is 15.0. The Morgan fingerprint density at radius 1 is 0.548 bits per heavy atom. The average Bonchev–Trinajstić information content (AvgIpc) is 3.68. The third-order valence-electron chi connectivity index (χ3n) is 15.9. The molecule has 5 aromatic rings. The molecule has 0 nitrogen and oxygen atoms in total. The van der Waals surface area contributed by atoms with E-state index in [-0.39, 0.29) is 0 Å². The van der Waals surface area contributed by atoms with Crippen LogP contribution in [0.4, 0.5) is 0 Å². The summed E-state index contributed by atoms with van der Waals surface area (Å²) in [5, 5.41) is 0. The molecule has 8 aliphatic carbocycles. The fourth-order valence-electron chi connectivity index (χ4n) is 12.8. The molecule has 5 atom stereocenters. The van der Waals surface area contributed by atoms with Gasteiger partial charge < -0.3 is 0 Å². The first-order valence-electron chi connectivity index (χ1n) is 23.4. The molecule has 0 aromatic heterocycles. The Kier molecular flexibility index (Phi) is 8.54. The van der Waals surface area contributed by atoms with Crippen LogP contribution < -0.4 is 0 Å². The van der Waals surface area contributed by atoms with E-state index in [9.17, 15) is 0 Å². The van der Waals surface area contributed by atoms with Crippen molar-refractivity contribution in [2.24, 2.45) is 23.7 Å². The summed E-state index contributed by atoms with van der Waals surface area (Å²) in [6.45, 7) is 0. The Bertz CT molecular complexity index is 3010. The van der Waals surface area contributed by atoms with Gasteiger partial charge in [-0.3, -0.25) is 0 Å². The summed E-state index contributed by atoms with van der Waals surface area (Å²) in [5.41, 5.74) is 27.5. The van der Waals surface area contributed by atoms with Crippen LogP contribution in [-0.2, 0) is 19.3 Å². The minimum atomic E-state index is 0.475. The molecule has 5 unspecified atom stereocenters. The second kappa shape index (κ2) is 14.6. The van der Waals surface area contributed by atoms with E-state index in [4.69, 9.17) is 0 Å². The van der Waals surface area contributed by atoms with Crippen molar-refractivity contribution in [1.29, 1.82) is 0 Å². The maximum absolute atomic E-state index is 3.43. The monoisotopic (exact) mass is 794 g/mol. The zero-order chi connectivity index (χ0) is 40.7. The fourth-order valence-corrected chi connectivity index (χ4v) is 12.8. The second-order valence-electron chi connectivity index (χ2n) is 19.1. The van der Waals surface area contributed by atoms with Crippen LogP contribution in [0.5, 0.6) is 0 Å². The molecule has 13 rings (SSSR count). The van der Waals surface area contributed by atoms with Gasteiger partial charge in [-0.05, 0) is 200 Å². The lowest BCUT2D eigenvalue weighted by atomic mass is 9.66. The molecule has 0 saturated heterocycles. The Morgan fingerprint density at radius 2 is 1.26 bits per heavy atom. The standard InChI is InChI=1S/C62H50/c1-2-15-52-51(10-1)38-61(57-19-6-3-16-54(52)57)50-14-8-12-40(37-50)42-23-25-46-35-48(29-27-44(46)33-42)47-28-26-43-32-41(22-24-45(43)34-47)39-11-7-13-49(36-39)53-30-31-60-56-18-5-4-17-55(56)59-21-9-20-58(53)62(59)60/h1,3-8,10-14,16-19,21-22,24,27,29-35,49-50,53,58,61H,9,20,23,25-26,28,36-38H2. The van der Waals surface area contributed by atoms with Crippen molar-refractivity contribution in [3.05, 3.63) is 236 Å². The molecule has 0 aliphatic heterocycles. The minimum absolute atomic E-state index is 0.475. The van der Waals surface area contributed by atoms with Gasteiger partial charge in [0, 0.05) is 5.56 Å². The van der Waals surface area contributed by atoms with Gasteiger partial charge in [0.15, 0.2) is 0 Å². The van der Waals surface area contributed by atoms with Gasteiger partial charge in [-0.15, -0.1) is 0 Å². The summed E-state index contributed by atoms with van der Waals surface area (Å²) in [6.07, 6.45) is 37.1. The lowest BCUT2D eigenvalue weighted by molar-refractivity contribution is 0.345. The number of allylic oxidation sites excluding steroid dienone is 16. The lowest BCUT2D eigenvalue weighted by Crippen LogP contribution is -2.27. The van der Waals surface area contributed by atoms with Gasteiger partial charge in [-0.2, -0.15) is 0 Å². The maximum Gasteiger partial charge on any atom is 0.0356 e. The van der Waals surface area contributed by atoms with Gasteiger partial charge in [0.25, 0.3) is 0 Å². The number of hydrogen-bond donors (Lipinski definition) is 0. The van der Waals surface area contributed by atoms with Crippen molar-refractivity contribution in [2.75, 3.05) is 0 Å². The van der Waals surface area contributed by atoms with Crippen molar-refractivity contribution in [3.63, 3.8) is 0 Å². The number of benzene rings is 4. The fraction of sp³-hybridized carbons (Fsp3) is 0.226. The van der Waals surface area contributed by atoms with E-state index in [2.05, 4.69) is 170 Å². The summed E-state index contributed by atoms with van der Waals surface area (Å²) in [5.74, 6) is 2.63. The van der Waals surface area contributed by atoms with Crippen molar-refractivity contribution < 1.29 is 0 Å². The highest BCUT2D eigenvalue weighted by Gasteiger charge is 2.40. The third-order valence-corrected chi connectivity index (χ3v) is 15.9. The molecule has 62 heavy (non-hydrogen) atoms. The van der Waals surface area contributed by atoms with Gasteiger partial charge in [-0.25, -0.2) is 0 Å². The van der Waals surface area contributed by atoms with Crippen LogP contribution in [0.2, 0.25) is 0 Å². The average molecular weight is 795 g/mol. The molecule has 0 bridgehead atoms. The number of rotatable bonds is 5. The Labute approximate surface area is 367 Å². The third kappa shape index (κ3) is 5.97. The van der Waals surface area contributed by atoms with Crippen LogP contribution in [-0.4, -0.2) is 0 Å². The van der Waals surface area contributed by atoms with Gasteiger partial charge in [0.1, 0.15) is 0 Å². The zero-order valence-corrected chi connectivity index (χ0v) is 35.3. The summed E-state index contributed by atoms with van der Waals surface area (Å²) in [6, 6.07) is 43.6. The highest BCUT2D eigenvalue weighted by Crippen LogP contribution is 2.55. The minimum Gasteiger partial charge on any atom is -0.0805 e. The first kappa shape index (κ1) is 36.3. The van der Waals surface area contributed by atoms with E-state index in [0.29, 0.717) is 29.6 Å². The molecule has 0 N–H and O–H groups in total. The van der Waals surface area contributed by atoms with Gasteiger partial charge in [0.2, 0.25) is 0 Å². The molecule has 5 aromatic carbocycles. The molecule has 0 radical (unpaired) electrons. The first-order valence-corrected chi connectivity index (χ1v) is 23.4. The highest BCUT2D eigenvalue weighted by atomic mass is 14.4. The molecule has 0 saturated carbocycles. The molecule has 0 fully saturated rings. The van der Waals surface area contributed by atoms with Gasteiger partial charge in [0.05, 0.1) is 0 Å². The topological polar surface area (TPSA) is 0 Å². The SMILES string of the molecule is c1ccc2c(c#1)-c1ccccc1C(C1C=CC=C(C3=Cc4ccc(C5=Cc6ccc(C7=CC=CC(C8C=CC9=C%10C(=CCCC%108)c8ccccc89)C7)cc6CC5)cc4CC3)C1)C2. The first-order chi connectivity index (χ1) is 30.7. The maximum atomic E-state index is 3.43. The Hall–Kier alpha value is -6.42. The van der Waals surface area contributed by atoms with E-state index >= 15 is 0 Å².